The standard InChI is InChI=1S/C18H20N2O3S/c1-13-9-11-15(12-10-13)24(22,23)20-18(21)19-17-8-4-6-14-5-2-3-7-16(14)17/h2-3,5,7,9-12,17H,4,6,8H2,1H3,(H2,19,20,21)/t17-/m1/s1. The predicted molar refractivity (Wildman–Crippen MR) is 92.2 cm³/mol. The Balaban J connectivity index is 1.71. The van der Waals surface area contributed by atoms with Gasteiger partial charge in [-0.1, -0.05) is 42.0 Å². The topological polar surface area (TPSA) is 75.3 Å². The molecule has 0 spiro atoms. The van der Waals surface area contributed by atoms with E-state index in [1.54, 1.807) is 12.1 Å². The van der Waals surface area contributed by atoms with Crippen molar-refractivity contribution in [3.8, 4) is 0 Å². The van der Waals surface area contributed by atoms with Gasteiger partial charge in [0.15, 0.2) is 0 Å². The molecule has 3 rings (SSSR count). The van der Waals surface area contributed by atoms with Crippen molar-refractivity contribution in [2.24, 2.45) is 0 Å². The van der Waals surface area contributed by atoms with Gasteiger partial charge in [-0.05, 0) is 49.4 Å². The first kappa shape index (κ1) is 16.5. The molecule has 6 heteroatoms. The normalized spacial score (nSPS) is 17.0. The molecular weight excluding hydrogens is 324 g/mol. The van der Waals surface area contributed by atoms with Crippen LogP contribution in [0.5, 0.6) is 0 Å². The third-order valence-electron chi connectivity index (χ3n) is 4.23. The molecule has 1 atom stereocenters. The summed E-state index contributed by atoms with van der Waals surface area (Å²) in [4.78, 5) is 12.3. The lowest BCUT2D eigenvalue weighted by atomic mass is 9.88. The molecular formula is C18H20N2O3S. The number of hydrogen-bond acceptors (Lipinski definition) is 3. The summed E-state index contributed by atoms with van der Waals surface area (Å²) in [6, 6.07) is 13.4. The minimum absolute atomic E-state index is 0.0762. The fourth-order valence-electron chi connectivity index (χ4n) is 2.99. The van der Waals surface area contributed by atoms with Crippen LogP contribution in [0.25, 0.3) is 0 Å². The number of carbonyl (C=O) groups excluding carboxylic acids is 1. The lowest BCUT2D eigenvalue weighted by Gasteiger charge is -2.26. The van der Waals surface area contributed by atoms with Crippen molar-refractivity contribution in [2.45, 2.75) is 37.1 Å². The van der Waals surface area contributed by atoms with Crippen molar-refractivity contribution in [1.82, 2.24) is 10.0 Å². The molecule has 1 aliphatic carbocycles. The second-order valence-electron chi connectivity index (χ2n) is 6.04. The maximum Gasteiger partial charge on any atom is 0.329 e. The highest BCUT2D eigenvalue weighted by Gasteiger charge is 2.24. The number of amides is 2. The summed E-state index contributed by atoms with van der Waals surface area (Å²) < 4.78 is 26.6. The minimum Gasteiger partial charge on any atom is -0.331 e. The molecule has 0 aliphatic heterocycles. The van der Waals surface area contributed by atoms with Gasteiger partial charge < -0.3 is 5.32 Å². The Morgan fingerprint density at radius 1 is 1.08 bits per heavy atom. The number of benzene rings is 2. The Bertz CT molecular complexity index is 845. The van der Waals surface area contributed by atoms with E-state index in [-0.39, 0.29) is 10.9 Å². The number of aryl methyl sites for hydroxylation is 2. The molecule has 0 saturated heterocycles. The third-order valence-corrected chi connectivity index (χ3v) is 5.58. The number of fused-ring (bicyclic) bond motifs is 1. The van der Waals surface area contributed by atoms with Crippen LogP contribution in [0.3, 0.4) is 0 Å². The van der Waals surface area contributed by atoms with E-state index < -0.39 is 16.1 Å². The van der Waals surface area contributed by atoms with Crippen LogP contribution in [0.15, 0.2) is 53.4 Å². The Labute approximate surface area is 142 Å². The summed E-state index contributed by atoms with van der Waals surface area (Å²) in [5.41, 5.74) is 3.22. The van der Waals surface area contributed by atoms with Crippen LogP contribution in [0.4, 0.5) is 4.79 Å². The average molecular weight is 344 g/mol. The van der Waals surface area contributed by atoms with Crippen molar-refractivity contribution in [3.05, 3.63) is 65.2 Å². The molecule has 0 aromatic heterocycles. The van der Waals surface area contributed by atoms with Gasteiger partial charge in [-0.3, -0.25) is 0 Å². The summed E-state index contributed by atoms with van der Waals surface area (Å²) >= 11 is 0. The lowest BCUT2D eigenvalue weighted by molar-refractivity contribution is 0.240. The van der Waals surface area contributed by atoms with E-state index in [4.69, 9.17) is 0 Å². The fraction of sp³-hybridized carbons (Fsp3) is 0.278. The van der Waals surface area contributed by atoms with Crippen LogP contribution in [-0.4, -0.2) is 14.4 Å². The fourth-order valence-corrected chi connectivity index (χ4v) is 3.91. The molecule has 0 saturated carbocycles. The quantitative estimate of drug-likeness (QED) is 0.898. The van der Waals surface area contributed by atoms with E-state index in [0.717, 1.165) is 30.4 Å². The van der Waals surface area contributed by atoms with E-state index in [2.05, 4.69) is 10.0 Å². The van der Waals surface area contributed by atoms with Gasteiger partial charge in [0.25, 0.3) is 10.0 Å². The number of hydrogen-bond donors (Lipinski definition) is 2. The Hall–Kier alpha value is -2.34. The van der Waals surface area contributed by atoms with Gasteiger partial charge >= 0.3 is 6.03 Å². The molecule has 0 heterocycles. The third kappa shape index (κ3) is 3.59. The van der Waals surface area contributed by atoms with Gasteiger partial charge in [0.2, 0.25) is 0 Å². The molecule has 2 N–H and O–H groups in total. The second kappa shape index (κ2) is 6.65. The van der Waals surface area contributed by atoms with E-state index in [0.29, 0.717) is 0 Å². The molecule has 2 aromatic rings. The number of nitrogens with one attached hydrogen (secondary N) is 2. The highest BCUT2D eigenvalue weighted by molar-refractivity contribution is 7.90. The maximum atomic E-state index is 12.3. The van der Waals surface area contributed by atoms with Gasteiger partial charge in [-0.25, -0.2) is 17.9 Å². The van der Waals surface area contributed by atoms with Crippen LogP contribution < -0.4 is 10.0 Å². The molecule has 2 aromatic carbocycles. The lowest BCUT2D eigenvalue weighted by Crippen LogP contribution is -2.41. The van der Waals surface area contributed by atoms with Gasteiger partial charge in [0.1, 0.15) is 0 Å². The molecule has 1 aliphatic rings. The van der Waals surface area contributed by atoms with Crippen molar-refractivity contribution in [2.75, 3.05) is 0 Å². The largest absolute Gasteiger partial charge is 0.331 e. The first-order valence-electron chi connectivity index (χ1n) is 7.93. The molecule has 0 radical (unpaired) electrons. The highest BCUT2D eigenvalue weighted by atomic mass is 32.2. The summed E-state index contributed by atoms with van der Waals surface area (Å²) in [5.74, 6) is 0. The smallest absolute Gasteiger partial charge is 0.329 e. The zero-order chi connectivity index (χ0) is 17.2. The van der Waals surface area contributed by atoms with Crippen LogP contribution in [-0.2, 0) is 16.4 Å². The zero-order valence-electron chi connectivity index (χ0n) is 13.5. The number of carbonyl (C=O) groups is 1. The number of urea groups is 1. The average Bonchev–Trinajstić information content (AvgIpc) is 2.55. The minimum atomic E-state index is -3.87. The van der Waals surface area contributed by atoms with E-state index in [1.807, 2.05) is 31.2 Å². The molecule has 0 bridgehead atoms. The van der Waals surface area contributed by atoms with Gasteiger partial charge in [0.05, 0.1) is 10.9 Å². The Morgan fingerprint density at radius 2 is 1.79 bits per heavy atom. The van der Waals surface area contributed by atoms with E-state index >= 15 is 0 Å². The zero-order valence-corrected chi connectivity index (χ0v) is 14.3. The van der Waals surface area contributed by atoms with Crippen molar-refractivity contribution in [1.29, 1.82) is 0 Å². The van der Waals surface area contributed by atoms with Gasteiger partial charge in [0, 0.05) is 0 Å². The Kier molecular flexibility index (Phi) is 4.57. The van der Waals surface area contributed by atoms with Crippen molar-refractivity contribution >= 4 is 16.1 Å². The van der Waals surface area contributed by atoms with Crippen molar-refractivity contribution < 1.29 is 13.2 Å². The van der Waals surface area contributed by atoms with Gasteiger partial charge in [-0.15, -0.1) is 0 Å². The summed E-state index contributed by atoms with van der Waals surface area (Å²) in [5, 5.41) is 2.78. The highest BCUT2D eigenvalue weighted by Crippen LogP contribution is 2.29. The summed E-state index contributed by atoms with van der Waals surface area (Å²) in [6.07, 6.45) is 2.75. The van der Waals surface area contributed by atoms with E-state index in [1.165, 1.54) is 17.7 Å². The van der Waals surface area contributed by atoms with Crippen LogP contribution in [0.2, 0.25) is 0 Å². The first-order chi connectivity index (χ1) is 11.5. The maximum absolute atomic E-state index is 12.3. The predicted octanol–water partition coefficient (Wildman–Crippen LogP) is 3.06. The molecule has 0 unspecified atom stereocenters. The number of rotatable bonds is 3. The van der Waals surface area contributed by atoms with Gasteiger partial charge in [-0.2, -0.15) is 0 Å². The van der Waals surface area contributed by atoms with Crippen LogP contribution in [0.1, 0.15) is 35.6 Å². The molecule has 0 fully saturated rings. The second-order valence-corrected chi connectivity index (χ2v) is 7.72. The molecule has 126 valence electrons. The molecule has 2 amide bonds. The SMILES string of the molecule is Cc1ccc(S(=O)(=O)NC(=O)N[C@@H]2CCCc3ccccc32)cc1. The first-order valence-corrected chi connectivity index (χ1v) is 9.42. The van der Waals surface area contributed by atoms with E-state index in [9.17, 15) is 13.2 Å². The number of sulfonamides is 1. The Morgan fingerprint density at radius 3 is 2.54 bits per heavy atom. The summed E-state index contributed by atoms with van der Waals surface area (Å²) in [6.45, 7) is 1.87. The van der Waals surface area contributed by atoms with Crippen LogP contribution >= 0.6 is 0 Å². The summed E-state index contributed by atoms with van der Waals surface area (Å²) in [7, 11) is -3.87. The van der Waals surface area contributed by atoms with Crippen molar-refractivity contribution in [3.63, 3.8) is 0 Å². The molecule has 5 nitrogen and oxygen atoms in total. The van der Waals surface area contributed by atoms with Crippen LogP contribution in [0, 0.1) is 6.92 Å². The molecule has 24 heavy (non-hydrogen) atoms. The monoisotopic (exact) mass is 344 g/mol.